The van der Waals surface area contributed by atoms with Gasteiger partial charge < -0.3 is 4.90 Å². The van der Waals surface area contributed by atoms with Gasteiger partial charge in [0.15, 0.2) is 0 Å². The molecule has 0 spiro atoms. The van der Waals surface area contributed by atoms with Crippen LogP contribution in [0.15, 0.2) is 48.8 Å². The molecule has 22 heavy (non-hydrogen) atoms. The first-order valence-electron chi connectivity index (χ1n) is 7.06. The number of para-hydroxylation sites is 1. The molecule has 1 fully saturated rings. The van der Waals surface area contributed by atoms with Crippen LogP contribution in [0.3, 0.4) is 0 Å². The van der Waals surface area contributed by atoms with Crippen molar-refractivity contribution < 1.29 is 4.79 Å². The van der Waals surface area contributed by atoms with Crippen LogP contribution in [0.2, 0.25) is 5.02 Å². The fourth-order valence-corrected chi connectivity index (χ4v) is 2.90. The number of amides is 1. The molecule has 5 nitrogen and oxygen atoms in total. The van der Waals surface area contributed by atoms with E-state index in [2.05, 4.69) is 10.1 Å². The molecule has 4 rings (SSSR count). The standard InChI is InChI=1S/C16H13ClN4O/c17-13-4-1-3-11-5-6-14(19-15(11)13)16(22)20-9-12(10-20)21-8-2-7-18-21/h1-8,12H,9-10H2. The van der Waals surface area contributed by atoms with Crippen LogP contribution in [0, 0.1) is 0 Å². The van der Waals surface area contributed by atoms with Crippen molar-refractivity contribution in [2.45, 2.75) is 6.04 Å². The molecule has 1 amide bonds. The zero-order valence-electron chi connectivity index (χ0n) is 11.7. The number of likely N-dealkylation sites (tertiary alicyclic amines) is 1. The van der Waals surface area contributed by atoms with Crippen LogP contribution in [-0.2, 0) is 0 Å². The highest BCUT2D eigenvalue weighted by Gasteiger charge is 2.33. The Kier molecular flexibility index (Phi) is 3.08. The number of rotatable bonds is 2. The molecule has 3 heterocycles. The van der Waals surface area contributed by atoms with Gasteiger partial charge in [-0.15, -0.1) is 0 Å². The molecular weight excluding hydrogens is 300 g/mol. The van der Waals surface area contributed by atoms with Gasteiger partial charge in [-0.25, -0.2) is 4.98 Å². The maximum atomic E-state index is 12.5. The van der Waals surface area contributed by atoms with E-state index in [0.717, 1.165) is 5.39 Å². The van der Waals surface area contributed by atoms with Crippen molar-refractivity contribution in [2.24, 2.45) is 0 Å². The molecule has 3 aromatic rings. The molecule has 2 aromatic heterocycles. The SMILES string of the molecule is O=C(c1ccc2cccc(Cl)c2n1)N1CC(n2cccn2)C1. The van der Waals surface area contributed by atoms with Crippen molar-refractivity contribution >= 4 is 28.4 Å². The van der Waals surface area contributed by atoms with Crippen LogP contribution in [0.4, 0.5) is 0 Å². The molecule has 0 bridgehead atoms. The second-order valence-electron chi connectivity index (χ2n) is 5.36. The first-order chi connectivity index (χ1) is 10.7. The van der Waals surface area contributed by atoms with E-state index in [1.807, 2.05) is 35.1 Å². The predicted molar refractivity (Wildman–Crippen MR) is 83.9 cm³/mol. The number of benzene rings is 1. The monoisotopic (exact) mass is 312 g/mol. The van der Waals surface area contributed by atoms with Crippen LogP contribution in [0.5, 0.6) is 0 Å². The Balaban J connectivity index is 1.55. The summed E-state index contributed by atoms with van der Waals surface area (Å²) in [6.07, 6.45) is 3.66. The van der Waals surface area contributed by atoms with Crippen molar-refractivity contribution in [2.75, 3.05) is 13.1 Å². The van der Waals surface area contributed by atoms with Gasteiger partial charge in [0.2, 0.25) is 0 Å². The lowest BCUT2D eigenvalue weighted by Gasteiger charge is -2.38. The van der Waals surface area contributed by atoms with Gasteiger partial charge in [-0.3, -0.25) is 9.48 Å². The minimum atomic E-state index is -0.0646. The third-order valence-corrected chi connectivity index (χ3v) is 4.24. The fraction of sp³-hybridized carbons (Fsp3) is 0.188. The Labute approximate surface area is 132 Å². The maximum absolute atomic E-state index is 12.5. The Morgan fingerprint density at radius 1 is 1.18 bits per heavy atom. The molecule has 0 unspecified atom stereocenters. The Morgan fingerprint density at radius 2 is 2.05 bits per heavy atom. The number of nitrogens with zero attached hydrogens (tertiary/aromatic N) is 4. The molecule has 0 atom stereocenters. The number of hydrogen-bond donors (Lipinski definition) is 0. The summed E-state index contributed by atoms with van der Waals surface area (Å²) in [6, 6.07) is 11.4. The Hall–Kier alpha value is -2.40. The van der Waals surface area contributed by atoms with E-state index in [4.69, 9.17) is 11.6 Å². The number of aromatic nitrogens is 3. The van der Waals surface area contributed by atoms with Gasteiger partial charge in [0.1, 0.15) is 5.69 Å². The molecule has 1 aliphatic heterocycles. The number of fused-ring (bicyclic) bond motifs is 1. The summed E-state index contributed by atoms with van der Waals surface area (Å²) >= 11 is 6.15. The quantitative estimate of drug-likeness (QED) is 0.731. The first-order valence-corrected chi connectivity index (χ1v) is 7.44. The van der Waals surface area contributed by atoms with Gasteiger partial charge in [0, 0.05) is 30.9 Å². The lowest BCUT2D eigenvalue weighted by molar-refractivity contribution is 0.0496. The molecule has 1 aromatic carbocycles. The van der Waals surface area contributed by atoms with Gasteiger partial charge in [-0.05, 0) is 18.2 Å². The molecular formula is C16H13ClN4O. The van der Waals surface area contributed by atoms with Gasteiger partial charge >= 0.3 is 0 Å². The van der Waals surface area contributed by atoms with Gasteiger partial charge in [0.25, 0.3) is 5.91 Å². The highest BCUT2D eigenvalue weighted by atomic mass is 35.5. The minimum Gasteiger partial charge on any atom is -0.333 e. The summed E-state index contributed by atoms with van der Waals surface area (Å²) in [6.45, 7) is 1.31. The first kappa shape index (κ1) is 13.3. The number of hydrogen-bond acceptors (Lipinski definition) is 3. The largest absolute Gasteiger partial charge is 0.333 e. The number of carbonyl (C=O) groups is 1. The Morgan fingerprint density at radius 3 is 2.82 bits per heavy atom. The Bertz CT molecular complexity index is 840. The summed E-state index contributed by atoms with van der Waals surface area (Å²) in [7, 11) is 0. The molecule has 0 N–H and O–H groups in total. The van der Waals surface area contributed by atoms with E-state index in [9.17, 15) is 4.79 Å². The highest BCUT2D eigenvalue weighted by molar-refractivity contribution is 6.35. The minimum absolute atomic E-state index is 0.0646. The summed E-state index contributed by atoms with van der Waals surface area (Å²) in [4.78, 5) is 18.7. The summed E-state index contributed by atoms with van der Waals surface area (Å²) in [5, 5.41) is 5.70. The number of carbonyl (C=O) groups excluding carboxylic acids is 1. The van der Waals surface area contributed by atoms with E-state index in [1.165, 1.54) is 0 Å². The average molecular weight is 313 g/mol. The number of halogens is 1. The molecule has 1 saturated heterocycles. The zero-order chi connectivity index (χ0) is 15.1. The maximum Gasteiger partial charge on any atom is 0.272 e. The average Bonchev–Trinajstić information content (AvgIpc) is 3.00. The number of pyridine rings is 1. The fourth-order valence-electron chi connectivity index (χ4n) is 2.68. The van der Waals surface area contributed by atoms with Crippen LogP contribution >= 0.6 is 11.6 Å². The molecule has 1 aliphatic rings. The van der Waals surface area contributed by atoms with Crippen molar-refractivity contribution in [1.82, 2.24) is 19.7 Å². The topological polar surface area (TPSA) is 51.0 Å². The van der Waals surface area contributed by atoms with Crippen molar-refractivity contribution in [3.63, 3.8) is 0 Å². The molecule has 0 radical (unpaired) electrons. The second kappa shape index (κ2) is 5.10. The smallest absolute Gasteiger partial charge is 0.272 e. The lowest BCUT2D eigenvalue weighted by Crippen LogP contribution is -2.51. The third kappa shape index (κ3) is 2.14. The molecule has 0 saturated carbocycles. The van der Waals surface area contributed by atoms with Crippen molar-refractivity contribution in [1.29, 1.82) is 0 Å². The van der Waals surface area contributed by atoms with Crippen molar-refractivity contribution in [3.8, 4) is 0 Å². The molecule has 6 heteroatoms. The zero-order valence-corrected chi connectivity index (χ0v) is 12.4. The van der Waals surface area contributed by atoms with E-state index in [0.29, 0.717) is 29.3 Å². The van der Waals surface area contributed by atoms with Crippen LogP contribution in [0.1, 0.15) is 16.5 Å². The van der Waals surface area contributed by atoms with E-state index in [1.54, 1.807) is 23.2 Å². The normalized spacial score (nSPS) is 15.0. The highest BCUT2D eigenvalue weighted by Crippen LogP contribution is 2.25. The summed E-state index contributed by atoms with van der Waals surface area (Å²) in [5.41, 5.74) is 1.10. The molecule has 110 valence electrons. The van der Waals surface area contributed by atoms with Crippen LogP contribution in [-0.4, -0.2) is 38.7 Å². The molecule has 0 aliphatic carbocycles. The van der Waals surface area contributed by atoms with E-state index in [-0.39, 0.29) is 11.9 Å². The van der Waals surface area contributed by atoms with Crippen LogP contribution in [0.25, 0.3) is 10.9 Å². The summed E-state index contributed by atoms with van der Waals surface area (Å²) in [5.74, 6) is -0.0646. The van der Waals surface area contributed by atoms with Crippen LogP contribution < -0.4 is 0 Å². The summed E-state index contributed by atoms with van der Waals surface area (Å²) < 4.78 is 1.88. The third-order valence-electron chi connectivity index (χ3n) is 3.94. The van der Waals surface area contributed by atoms with E-state index < -0.39 is 0 Å². The van der Waals surface area contributed by atoms with Crippen molar-refractivity contribution in [3.05, 3.63) is 59.5 Å². The van der Waals surface area contributed by atoms with Gasteiger partial charge in [0.05, 0.1) is 16.6 Å². The second-order valence-corrected chi connectivity index (χ2v) is 5.77. The van der Waals surface area contributed by atoms with Gasteiger partial charge in [-0.1, -0.05) is 29.8 Å². The van der Waals surface area contributed by atoms with Gasteiger partial charge in [-0.2, -0.15) is 5.10 Å². The van der Waals surface area contributed by atoms with E-state index >= 15 is 0 Å². The predicted octanol–water partition coefficient (Wildman–Crippen LogP) is 2.78. The lowest BCUT2D eigenvalue weighted by atomic mass is 10.1.